The SMILES string of the molecule is C=NC(=CC)CCC(c1cc(C)cc(Cl)c1)c1ccc2c(c1O)CC=CC=C2. The molecule has 0 spiro atoms. The Labute approximate surface area is 172 Å². The number of hydrogen-bond donors (Lipinski definition) is 1. The van der Waals surface area contributed by atoms with Crippen molar-refractivity contribution in [1.29, 1.82) is 0 Å². The minimum Gasteiger partial charge on any atom is -0.507 e. The molecule has 2 aromatic rings. The maximum atomic E-state index is 11.2. The maximum Gasteiger partial charge on any atom is 0.123 e. The predicted octanol–water partition coefficient (Wildman–Crippen LogP) is 7.00. The average molecular weight is 392 g/mol. The smallest absolute Gasteiger partial charge is 0.123 e. The van der Waals surface area contributed by atoms with Crippen LogP contribution in [-0.2, 0) is 6.42 Å². The van der Waals surface area contributed by atoms with Crippen LogP contribution in [0, 0.1) is 6.92 Å². The van der Waals surface area contributed by atoms with Gasteiger partial charge in [-0.1, -0.05) is 60.2 Å². The zero-order valence-corrected chi connectivity index (χ0v) is 17.2. The van der Waals surface area contributed by atoms with E-state index in [4.69, 9.17) is 11.6 Å². The molecule has 144 valence electrons. The first-order chi connectivity index (χ1) is 13.5. The fourth-order valence-corrected chi connectivity index (χ4v) is 4.12. The third-order valence-electron chi connectivity index (χ3n) is 5.26. The van der Waals surface area contributed by atoms with E-state index in [1.165, 1.54) is 0 Å². The van der Waals surface area contributed by atoms with Crippen LogP contribution in [0.4, 0.5) is 0 Å². The second kappa shape index (κ2) is 9.07. The summed E-state index contributed by atoms with van der Waals surface area (Å²) in [5.41, 5.74) is 6.15. The fraction of sp³-hybridized carbons (Fsp3) is 0.240. The van der Waals surface area contributed by atoms with Gasteiger partial charge in [0.05, 0.1) is 0 Å². The third-order valence-corrected chi connectivity index (χ3v) is 5.48. The van der Waals surface area contributed by atoms with E-state index in [9.17, 15) is 5.11 Å². The second-order valence-electron chi connectivity index (χ2n) is 7.15. The fourth-order valence-electron chi connectivity index (χ4n) is 3.82. The Morgan fingerprint density at radius 3 is 2.82 bits per heavy atom. The monoisotopic (exact) mass is 391 g/mol. The van der Waals surface area contributed by atoms with E-state index in [1.807, 2.05) is 56.4 Å². The number of nitrogens with zero attached hydrogens (tertiary/aromatic N) is 1. The van der Waals surface area contributed by atoms with Crippen molar-refractivity contribution in [1.82, 2.24) is 0 Å². The zero-order valence-electron chi connectivity index (χ0n) is 16.5. The molecule has 0 heterocycles. The van der Waals surface area contributed by atoms with Crippen molar-refractivity contribution in [2.24, 2.45) is 4.99 Å². The highest BCUT2D eigenvalue weighted by atomic mass is 35.5. The number of halogens is 1. The molecule has 2 aromatic carbocycles. The van der Waals surface area contributed by atoms with Gasteiger partial charge in [-0.25, -0.2) is 0 Å². The van der Waals surface area contributed by atoms with Gasteiger partial charge in [0, 0.05) is 27.8 Å². The molecule has 0 bridgehead atoms. The van der Waals surface area contributed by atoms with Crippen molar-refractivity contribution in [3.8, 4) is 5.75 Å². The van der Waals surface area contributed by atoms with Gasteiger partial charge >= 0.3 is 0 Å². The lowest BCUT2D eigenvalue weighted by molar-refractivity contribution is 0.457. The zero-order chi connectivity index (χ0) is 20.1. The minimum atomic E-state index is 0.0237. The Balaban J connectivity index is 2.08. The summed E-state index contributed by atoms with van der Waals surface area (Å²) in [6.45, 7) is 7.68. The second-order valence-corrected chi connectivity index (χ2v) is 7.59. The number of aliphatic imine (C=N–C) groups is 1. The predicted molar refractivity (Wildman–Crippen MR) is 121 cm³/mol. The molecule has 2 nitrogen and oxygen atoms in total. The lowest BCUT2D eigenvalue weighted by Crippen LogP contribution is -2.05. The van der Waals surface area contributed by atoms with Crippen molar-refractivity contribution < 1.29 is 5.11 Å². The van der Waals surface area contributed by atoms with E-state index < -0.39 is 0 Å². The van der Waals surface area contributed by atoms with Crippen molar-refractivity contribution in [3.05, 3.63) is 93.2 Å². The van der Waals surface area contributed by atoms with Gasteiger partial charge in [-0.05, 0) is 68.7 Å². The first kappa shape index (κ1) is 20.2. The van der Waals surface area contributed by atoms with Gasteiger partial charge in [0.15, 0.2) is 0 Å². The quantitative estimate of drug-likeness (QED) is 0.528. The van der Waals surface area contributed by atoms with E-state index in [2.05, 4.69) is 29.9 Å². The molecule has 3 heteroatoms. The van der Waals surface area contributed by atoms with Gasteiger partial charge in [-0.3, -0.25) is 4.99 Å². The molecule has 3 rings (SSSR count). The molecule has 1 unspecified atom stereocenters. The topological polar surface area (TPSA) is 32.6 Å². The molecule has 0 saturated heterocycles. The number of hydrogen-bond acceptors (Lipinski definition) is 2. The highest BCUT2D eigenvalue weighted by Crippen LogP contribution is 2.40. The Bertz CT molecular complexity index is 949. The van der Waals surface area contributed by atoms with Crippen LogP contribution in [0.3, 0.4) is 0 Å². The van der Waals surface area contributed by atoms with Crippen LogP contribution in [0.2, 0.25) is 5.02 Å². The summed E-state index contributed by atoms with van der Waals surface area (Å²) in [5, 5.41) is 11.9. The number of allylic oxidation sites excluding steroid dienone is 5. The van der Waals surface area contributed by atoms with Crippen LogP contribution in [0.15, 0.2) is 65.3 Å². The molecule has 1 N–H and O–H groups in total. The standard InChI is InChI=1S/C25H26ClNO/c1-4-21(27-3)11-13-22(19-14-17(2)15-20(26)16-19)24-12-10-18-8-6-5-7-9-23(18)25(24)28/h4-8,10,12,14-16,22,28H,3,9,11,13H2,1-2H3. The average Bonchev–Trinajstić information content (AvgIpc) is 2.92. The number of phenolic OH excluding ortho intramolecular Hbond substituents is 1. The molecule has 0 amide bonds. The Morgan fingerprint density at radius 1 is 1.29 bits per heavy atom. The molecule has 28 heavy (non-hydrogen) atoms. The molecule has 0 aromatic heterocycles. The summed E-state index contributed by atoms with van der Waals surface area (Å²) in [6, 6.07) is 10.2. The van der Waals surface area contributed by atoms with Gasteiger partial charge in [-0.2, -0.15) is 0 Å². The van der Waals surface area contributed by atoms with Crippen molar-refractivity contribution in [2.45, 2.75) is 39.0 Å². The van der Waals surface area contributed by atoms with Crippen molar-refractivity contribution in [2.75, 3.05) is 0 Å². The summed E-state index contributed by atoms with van der Waals surface area (Å²) in [7, 11) is 0. The maximum absolute atomic E-state index is 11.2. The van der Waals surface area contributed by atoms with Gasteiger partial charge in [0.25, 0.3) is 0 Å². The third kappa shape index (κ3) is 4.45. The molecular formula is C25H26ClNO. The van der Waals surface area contributed by atoms with Crippen molar-refractivity contribution in [3.63, 3.8) is 0 Å². The van der Waals surface area contributed by atoms with Crippen molar-refractivity contribution >= 4 is 24.4 Å². The van der Waals surface area contributed by atoms with Crippen LogP contribution >= 0.6 is 11.6 Å². The summed E-state index contributed by atoms with van der Waals surface area (Å²) in [5.74, 6) is 0.403. The first-order valence-corrected chi connectivity index (χ1v) is 9.98. The summed E-state index contributed by atoms with van der Waals surface area (Å²) in [4.78, 5) is 4.11. The summed E-state index contributed by atoms with van der Waals surface area (Å²) in [6.07, 6.45) is 12.5. The van der Waals surface area contributed by atoms with Crippen LogP contribution in [-0.4, -0.2) is 11.8 Å². The molecular weight excluding hydrogens is 366 g/mol. The van der Waals surface area contributed by atoms with E-state index in [-0.39, 0.29) is 5.92 Å². The molecule has 0 aliphatic heterocycles. The number of fused-ring (bicyclic) bond motifs is 1. The van der Waals surface area contributed by atoms with Gasteiger partial charge < -0.3 is 5.11 Å². The Kier molecular flexibility index (Phi) is 6.53. The Morgan fingerprint density at radius 2 is 2.11 bits per heavy atom. The number of benzene rings is 2. The molecule has 1 atom stereocenters. The van der Waals surface area contributed by atoms with Crippen LogP contribution < -0.4 is 0 Å². The lowest BCUT2D eigenvalue weighted by Gasteiger charge is -2.22. The number of rotatable bonds is 6. The molecule has 0 fully saturated rings. The van der Waals surface area contributed by atoms with E-state index >= 15 is 0 Å². The molecule has 0 saturated carbocycles. The highest BCUT2D eigenvalue weighted by Gasteiger charge is 2.22. The van der Waals surface area contributed by atoms with Gasteiger partial charge in [0.1, 0.15) is 5.75 Å². The van der Waals surface area contributed by atoms with Gasteiger partial charge in [0.2, 0.25) is 0 Å². The summed E-state index contributed by atoms with van der Waals surface area (Å²) < 4.78 is 0. The number of aromatic hydroxyl groups is 1. The normalized spacial score (nSPS) is 14.5. The van der Waals surface area contributed by atoms with Crippen LogP contribution in [0.1, 0.15) is 53.5 Å². The largest absolute Gasteiger partial charge is 0.507 e. The van der Waals surface area contributed by atoms with Crippen LogP contribution in [0.5, 0.6) is 5.75 Å². The lowest BCUT2D eigenvalue weighted by atomic mass is 9.83. The minimum absolute atomic E-state index is 0.0237. The summed E-state index contributed by atoms with van der Waals surface area (Å²) >= 11 is 6.35. The van der Waals surface area contributed by atoms with Gasteiger partial charge in [-0.15, -0.1) is 0 Å². The van der Waals surface area contributed by atoms with E-state index in [1.54, 1.807) is 0 Å². The number of aryl methyl sites for hydroxylation is 1. The van der Waals surface area contributed by atoms with E-state index in [0.717, 1.165) is 52.8 Å². The highest BCUT2D eigenvalue weighted by molar-refractivity contribution is 6.30. The number of phenols is 1. The molecule has 1 aliphatic carbocycles. The van der Waals surface area contributed by atoms with Crippen LogP contribution in [0.25, 0.3) is 6.08 Å². The molecule has 0 radical (unpaired) electrons. The van der Waals surface area contributed by atoms with E-state index in [0.29, 0.717) is 10.8 Å². The first-order valence-electron chi connectivity index (χ1n) is 9.60. The molecule has 1 aliphatic rings. The Hall–Kier alpha value is -2.58.